The SMILES string of the molecule is c1ccc(N(c2ccccc2)c2cccc(C3=NN=[N+](c4cccc(-c5ccccn5)c4)C3)c2)cc1. The second kappa shape index (κ2) is 9.76. The van der Waals surface area contributed by atoms with Crippen molar-refractivity contribution >= 4 is 28.5 Å². The van der Waals surface area contributed by atoms with Gasteiger partial charge >= 0.3 is 0 Å². The van der Waals surface area contributed by atoms with Crippen LogP contribution in [0.15, 0.2) is 144 Å². The minimum atomic E-state index is 0.603. The van der Waals surface area contributed by atoms with E-state index in [1.165, 1.54) is 0 Å². The number of aromatic nitrogens is 1. The van der Waals surface area contributed by atoms with E-state index in [2.05, 4.69) is 111 Å². The van der Waals surface area contributed by atoms with E-state index in [0.29, 0.717) is 6.54 Å². The molecule has 2 heterocycles. The summed E-state index contributed by atoms with van der Waals surface area (Å²) in [5.74, 6) is 0. The lowest BCUT2D eigenvalue weighted by molar-refractivity contribution is -0.492. The minimum absolute atomic E-state index is 0.603. The highest BCUT2D eigenvalue weighted by molar-refractivity contribution is 6.02. The van der Waals surface area contributed by atoms with Crippen LogP contribution in [0.3, 0.4) is 0 Å². The fourth-order valence-electron chi connectivity index (χ4n) is 4.39. The molecule has 0 spiro atoms. The van der Waals surface area contributed by atoms with Gasteiger partial charge in [-0.1, -0.05) is 66.7 Å². The number of hydrogen-bond acceptors (Lipinski definition) is 4. The summed E-state index contributed by atoms with van der Waals surface area (Å²) in [6, 6.07) is 43.5. The van der Waals surface area contributed by atoms with Gasteiger partial charge in [0.1, 0.15) is 5.22 Å². The van der Waals surface area contributed by atoms with E-state index in [-0.39, 0.29) is 0 Å². The first kappa shape index (κ1) is 21.6. The second-order valence-corrected chi connectivity index (χ2v) is 8.52. The Morgan fingerprint density at radius 2 is 1.25 bits per heavy atom. The molecule has 0 radical (unpaired) electrons. The van der Waals surface area contributed by atoms with Gasteiger partial charge in [0.25, 0.3) is 0 Å². The van der Waals surface area contributed by atoms with Crippen LogP contribution in [-0.2, 0) is 0 Å². The fourth-order valence-corrected chi connectivity index (χ4v) is 4.39. The number of rotatable bonds is 6. The largest absolute Gasteiger partial charge is 0.310 e. The van der Waals surface area contributed by atoms with Crippen molar-refractivity contribution in [2.45, 2.75) is 0 Å². The number of nitrogens with zero attached hydrogens (tertiary/aromatic N) is 5. The molecule has 0 unspecified atom stereocenters. The van der Waals surface area contributed by atoms with Gasteiger partial charge in [0.15, 0.2) is 12.2 Å². The Morgan fingerprint density at radius 1 is 0.583 bits per heavy atom. The van der Waals surface area contributed by atoms with Crippen LogP contribution in [-0.4, -0.2) is 21.9 Å². The number of hydrogen-bond donors (Lipinski definition) is 0. The maximum Gasteiger partial charge on any atom is 0.231 e. The zero-order valence-corrected chi connectivity index (χ0v) is 19.6. The van der Waals surface area contributed by atoms with Crippen LogP contribution in [0.4, 0.5) is 22.7 Å². The quantitative estimate of drug-likeness (QED) is 0.240. The highest BCUT2D eigenvalue weighted by atomic mass is 15.5. The van der Waals surface area contributed by atoms with E-state index in [1.54, 1.807) is 0 Å². The Bertz CT molecular complexity index is 1500. The van der Waals surface area contributed by atoms with E-state index >= 15 is 0 Å². The summed E-state index contributed by atoms with van der Waals surface area (Å²) in [7, 11) is 0. The van der Waals surface area contributed by atoms with Crippen molar-refractivity contribution in [2.75, 3.05) is 11.4 Å². The van der Waals surface area contributed by atoms with Crippen molar-refractivity contribution in [3.63, 3.8) is 0 Å². The second-order valence-electron chi connectivity index (χ2n) is 8.52. The predicted molar refractivity (Wildman–Crippen MR) is 145 cm³/mol. The first-order chi connectivity index (χ1) is 17.8. The molecule has 0 aliphatic carbocycles. The topological polar surface area (TPSA) is 43.9 Å². The Labute approximate surface area is 210 Å². The molecule has 0 saturated heterocycles. The lowest BCUT2D eigenvalue weighted by Gasteiger charge is -2.25. The van der Waals surface area contributed by atoms with Crippen LogP contribution in [0.5, 0.6) is 0 Å². The lowest BCUT2D eigenvalue weighted by atomic mass is 10.1. The maximum atomic E-state index is 4.55. The molecule has 4 aromatic carbocycles. The Balaban J connectivity index is 1.28. The monoisotopic (exact) mass is 466 g/mol. The average Bonchev–Trinajstić information content (AvgIpc) is 3.46. The highest BCUT2D eigenvalue weighted by Gasteiger charge is 2.25. The first-order valence-corrected chi connectivity index (χ1v) is 11.9. The van der Waals surface area contributed by atoms with Gasteiger partial charge in [-0.25, -0.2) is 0 Å². The number of pyridine rings is 1. The van der Waals surface area contributed by atoms with Gasteiger partial charge in [0, 0.05) is 34.4 Å². The molecule has 1 aromatic heterocycles. The zero-order valence-electron chi connectivity index (χ0n) is 19.6. The van der Waals surface area contributed by atoms with Crippen LogP contribution in [0.1, 0.15) is 5.56 Å². The average molecular weight is 467 g/mol. The molecule has 0 bridgehead atoms. The zero-order chi connectivity index (χ0) is 24.2. The number of para-hydroxylation sites is 2. The van der Waals surface area contributed by atoms with Gasteiger partial charge in [0.05, 0.1) is 10.8 Å². The summed E-state index contributed by atoms with van der Waals surface area (Å²) in [5, 5.41) is 9.02. The van der Waals surface area contributed by atoms with Gasteiger partial charge in [-0.3, -0.25) is 4.98 Å². The van der Waals surface area contributed by atoms with Crippen molar-refractivity contribution < 1.29 is 4.70 Å². The van der Waals surface area contributed by atoms with Gasteiger partial charge in [-0.15, -0.1) is 4.70 Å². The van der Waals surface area contributed by atoms with Crippen molar-refractivity contribution in [1.29, 1.82) is 0 Å². The van der Waals surface area contributed by atoms with Crippen LogP contribution in [0.2, 0.25) is 0 Å². The third-order valence-corrected chi connectivity index (χ3v) is 6.14. The molecule has 0 saturated carbocycles. The molecular weight excluding hydrogens is 442 g/mol. The van der Waals surface area contributed by atoms with Crippen molar-refractivity contribution in [1.82, 2.24) is 4.98 Å². The molecule has 1 aliphatic rings. The van der Waals surface area contributed by atoms with Gasteiger partial charge in [0.2, 0.25) is 5.71 Å². The molecule has 0 amide bonds. The Hall–Kier alpha value is -4.90. The summed E-state index contributed by atoms with van der Waals surface area (Å²) in [6.07, 6.45) is 1.81. The van der Waals surface area contributed by atoms with Crippen molar-refractivity contribution in [3.8, 4) is 11.3 Å². The molecule has 5 heteroatoms. The van der Waals surface area contributed by atoms with Crippen LogP contribution < -0.4 is 4.90 Å². The van der Waals surface area contributed by atoms with E-state index in [4.69, 9.17) is 0 Å². The smallest absolute Gasteiger partial charge is 0.231 e. The van der Waals surface area contributed by atoms with E-state index in [0.717, 1.165) is 45.3 Å². The van der Waals surface area contributed by atoms with Crippen molar-refractivity contribution in [3.05, 3.63) is 139 Å². The molecule has 5 nitrogen and oxygen atoms in total. The van der Waals surface area contributed by atoms with Crippen LogP contribution >= 0.6 is 0 Å². The third kappa shape index (κ3) is 4.42. The molecule has 0 fully saturated rings. The summed E-state index contributed by atoms with van der Waals surface area (Å²) in [6.45, 7) is 0.603. The molecule has 36 heavy (non-hydrogen) atoms. The third-order valence-electron chi connectivity index (χ3n) is 6.14. The van der Waals surface area contributed by atoms with E-state index in [1.807, 2.05) is 47.3 Å². The van der Waals surface area contributed by atoms with Gasteiger partial charge in [-0.05, 0) is 60.7 Å². The molecule has 6 rings (SSSR count). The molecule has 5 aromatic rings. The first-order valence-electron chi connectivity index (χ1n) is 11.9. The molecule has 1 aliphatic heterocycles. The Kier molecular flexibility index (Phi) is 5.86. The molecule has 172 valence electrons. The fraction of sp³-hybridized carbons (Fsp3) is 0.0323. The summed E-state index contributed by atoms with van der Waals surface area (Å²) in [5.41, 5.74) is 8.25. The van der Waals surface area contributed by atoms with E-state index < -0.39 is 0 Å². The standard InChI is InChI=1S/C31H24N5/c1-3-13-26(14-4-1)36(27-15-5-2-6-16-27)29-18-10-12-25(22-29)31-23-35(34-33-31)28-17-9-11-24(21-28)30-19-7-8-20-32-30/h1-22H,23H2/q+1. The minimum Gasteiger partial charge on any atom is -0.310 e. The number of benzene rings is 4. The molecule has 0 atom stereocenters. The number of anilines is 3. The summed E-state index contributed by atoms with van der Waals surface area (Å²) >= 11 is 0. The van der Waals surface area contributed by atoms with Gasteiger partial charge in [-0.2, -0.15) is 0 Å². The maximum absolute atomic E-state index is 4.55. The highest BCUT2D eigenvalue weighted by Crippen LogP contribution is 2.35. The lowest BCUT2D eigenvalue weighted by Crippen LogP contribution is -2.14. The Morgan fingerprint density at radius 3 is 1.97 bits per heavy atom. The molecule has 0 N–H and O–H groups in total. The van der Waals surface area contributed by atoms with E-state index in [9.17, 15) is 0 Å². The van der Waals surface area contributed by atoms with Crippen LogP contribution in [0, 0.1) is 0 Å². The van der Waals surface area contributed by atoms with Gasteiger partial charge < -0.3 is 4.90 Å². The summed E-state index contributed by atoms with van der Waals surface area (Å²) in [4.78, 5) is 6.73. The summed E-state index contributed by atoms with van der Waals surface area (Å²) < 4.78 is 1.93. The normalized spacial score (nSPS) is 12.7. The van der Waals surface area contributed by atoms with Crippen molar-refractivity contribution in [2.24, 2.45) is 10.3 Å². The van der Waals surface area contributed by atoms with Crippen LogP contribution in [0.25, 0.3) is 11.3 Å². The molecular formula is C31H24N5+. The predicted octanol–water partition coefficient (Wildman–Crippen LogP) is 7.73.